The van der Waals surface area contributed by atoms with Gasteiger partial charge in [-0.15, -0.1) is 0 Å². The van der Waals surface area contributed by atoms with Crippen LogP contribution in [0.25, 0.3) is 0 Å². The maximum absolute atomic E-state index is 5.87. The number of nitrogens with zero attached hydrogens (tertiary/aromatic N) is 1. The van der Waals surface area contributed by atoms with E-state index in [2.05, 4.69) is 11.8 Å². The Morgan fingerprint density at radius 3 is 2.53 bits per heavy atom. The molecule has 0 radical (unpaired) electrons. The smallest absolute Gasteiger partial charge is 0.0589 e. The first kappa shape index (κ1) is 11.4. The Kier molecular flexibility index (Phi) is 3.65. The Balaban J connectivity index is 1.83. The van der Waals surface area contributed by atoms with Crippen molar-refractivity contribution in [2.24, 2.45) is 11.7 Å². The van der Waals surface area contributed by atoms with Crippen LogP contribution >= 0.6 is 0 Å². The molecule has 2 fully saturated rings. The second-order valence-electron chi connectivity index (χ2n) is 5.19. The van der Waals surface area contributed by atoms with Gasteiger partial charge < -0.3 is 10.5 Å². The average molecular weight is 212 g/mol. The molecule has 15 heavy (non-hydrogen) atoms. The van der Waals surface area contributed by atoms with E-state index in [0.717, 1.165) is 31.2 Å². The monoisotopic (exact) mass is 212 g/mol. The summed E-state index contributed by atoms with van der Waals surface area (Å²) in [5.41, 5.74) is 5.87. The van der Waals surface area contributed by atoms with Gasteiger partial charge in [-0.25, -0.2) is 0 Å². The van der Waals surface area contributed by atoms with Crippen LogP contribution in [0.3, 0.4) is 0 Å². The fraction of sp³-hybridized carbons (Fsp3) is 1.00. The molecule has 2 saturated carbocycles. The van der Waals surface area contributed by atoms with Crippen LogP contribution < -0.4 is 5.73 Å². The van der Waals surface area contributed by atoms with Crippen LogP contribution in [0.5, 0.6) is 0 Å². The summed E-state index contributed by atoms with van der Waals surface area (Å²) in [6.45, 7) is 4.30. The first-order chi connectivity index (χ1) is 7.22. The summed E-state index contributed by atoms with van der Waals surface area (Å²) in [4.78, 5) is 2.63. The van der Waals surface area contributed by atoms with Crippen LogP contribution in [0, 0.1) is 5.92 Å². The summed E-state index contributed by atoms with van der Waals surface area (Å²) in [6, 6.07) is 1.91. The van der Waals surface area contributed by atoms with Crippen LogP contribution in [-0.2, 0) is 4.74 Å². The highest BCUT2D eigenvalue weighted by atomic mass is 16.5. The number of hydrogen-bond donors (Lipinski definition) is 1. The molecule has 0 saturated heterocycles. The first-order valence-corrected chi connectivity index (χ1v) is 6.22. The van der Waals surface area contributed by atoms with E-state index in [1.54, 1.807) is 7.11 Å². The number of methoxy groups -OCH3 is 1. The van der Waals surface area contributed by atoms with Gasteiger partial charge in [-0.3, -0.25) is 4.90 Å². The molecule has 0 heterocycles. The van der Waals surface area contributed by atoms with Crippen LogP contribution in [0.2, 0.25) is 0 Å². The molecule has 0 aliphatic heterocycles. The van der Waals surface area contributed by atoms with E-state index in [1.165, 1.54) is 25.7 Å². The molecule has 0 bridgehead atoms. The number of ether oxygens (including phenoxy) is 1. The molecule has 2 rings (SSSR count). The van der Waals surface area contributed by atoms with Crippen molar-refractivity contribution in [2.45, 2.75) is 50.7 Å². The van der Waals surface area contributed by atoms with E-state index >= 15 is 0 Å². The summed E-state index contributed by atoms with van der Waals surface area (Å²) in [5, 5.41) is 0. The van der Waals surface area contributed by atoms with Crippen molar-refractivity contribution in [3.8, 4) is 0 Å². The Morgan fingerprint density at radius 2 is 2.07 bits per heavy atom. The first-order valence-electron chi connectivity index (χ1n) is 6.22. The zero-order chi connectivity index (χ0) is 10.8. The minimum absolute atomic E-state index is 0.450. The van der Waals surface area contributed by atoms with E-state index in [9.17, 15) is 0 Å². The number of rotatable bonds is 6. The lowest BCUT2D eigenvalue weighted by molar-refractivity contribution is 0.0388. The van der Waals surface area contributed by atoms with E-state index in [-0.39, 0.29) is 0 Å². The third-order valence-corrected chi connectivity index (χ3v) is 4.00. The van der Waals surface area contributed by atoms with E-state index in [1.807, 2.05) is 0 Å². The van der Waals surface area contributed by atoms with E-state index in [4.69, 9.17) is 10.5 Å². The van der Waals surface area contributed by atoms with Gasteiger partial charge >= 0.3 is 0 Å². The van der Waals surface area contributed by atoms with Gasteiger partial charge in [0, 0.05) is 31.8 Å². The summed E-state index contributed by atoms with van der Waals surface area (Å²) in [5.74, 6) is 0.943. The molecule has 0 aromatic rings. The van der Waals surface area contributed by atoms with Crippen molar-refractivity contribution in [1.82, 2.24) is 4.90 Å². The van der Waals surface area contributed by atoms with Gasteiger partial charge in [0.25, 0.3) is 0 Å². The van der Waals surface area contributed by atoms with Crippen LogP contribution in [-0.4, -0.2) is 43.3 Å². The Morgan fingerprint density at radius 1 is 1.40 bits per heavy atom. The molecular weight excluding hydrogens is 188 g/mol. The maximum Gasteiger partial charge on any atom is 0.0589 e. The van der Waals surface area contributed by atoms with Crippen molar-refractivity contribution in [2.75, 3.05) is 20.3 Å². The van der Waals surface area contributed by atoms with Crippen LogP contribution in [0.4, 0.5) is 0 Å². The SMILES string of the molecule is COCCN(C1CC(N)C1)C(C)C1CC1. The summed E-state index contributed by atoms with van der Waals surface area (Å²) >= 11 is 0. The van der Waals surface area contributed by atoms with Crippen molar-refractivity contribution < 1.29 is 4.74 Å². The topological polar surface area (TPSA) is 38.5 Å². The predicted molar refractivity (Wildman–Crippen MR) is 61.8 cm³/mol. The third kappa shape index (κ3) is 2.71. The molecule has 0 aromatic carbocycles. The number of nitrogens with two attached hydrogens (primary N) is 1. The van der Waals surface area contributed by atoms with Gasteiger partial charge in [0.05, 0.1) is 6.61 Å². The summed E-state index contributed by atoms with van der Waals surface area (Å²) < 4.78 is 5.20. The third-order valence-electron chi connectivity index (χ3n) is 4.00. The van der Waals surface area contributed by atoms with Crippen molar-refractivity contribution in [1.29, 1.82) is 0 Å². The molecule has 2 aliphatic carbocycles. The molecule has 0 spiro atoms. The summed E-state index contributed by atoms with van der Waals surface area (Å²) in [6.07, 6.45) is 5.20. The molecule has 3 nitrogen and oxygen atoms in total. The second-order valence-corrected chi connectivity index (χ2v) is 5.19. The lowest BCUT2D eigenvalue weighted by Crippen LogP contribution is -2.54. The molecule has 0 aromatic heterocycles. The van der Waals surface area contributed by atoms with Crippen molar-refractivity contribution in [3.05, 3.63) is 0 Å². The standard InChI is InChI=1S/C12H24N2O/c1-9(10-3-4-10)14(5-6-15-2)12-7-11(13)8-12/h9-12H,3-8,13H2,1-2H3. The largest absolute Gasteiger partial charge is 0.383 e. The predicted octanol–water partition coefficient (Wildman–Crippen LogP) is 1.22. The maximum atomic E-state index is 5.87. The molecule has 2 aliphatic rings. The van der Waals surface area contributed by atoms with Crippen molar-refractivity contribution >= 4 is 0 Å². The van der Waals surface area contributed by atoms with Gasteiger partial charge in [0.15, 0.2) is 0 Å². The second kappa shape index (κ2) is 4.81. The molecule has 1 unspecified atom stereocenters. The van der Waals surface area contributed by atoms with E-state index < -0.39 is 0 Å². The highest BCUT2D eigenvalue weighted by Crippen LogP contribution is 2.38. The van der Waals surface area contributed by atoms with Gasteiger partial charge in [0.1, 0.15) is 0 Å². The highest BCUT2D eigenvalue weighted by molar-refractivity contribution is 4.95. The average Bonchev–Trinajstić information content (AvgIpc) is 2.98. The fourth-order valence-electron chi connectivity index (χ4n) is 2.67. The fourth-order valence-corrected chi connectivity index (χ4v) is 2.67. The Bertz CT molecular complexity index is 200. The van der Waals surface area contributed by atoms with Crippen LogP contribution in [0.1, 0.15) is 32.6 Å². The van der Waals surface area contributed by atoms with Crippen molar-refractivity contribution in [3.63, 3.8) is 0 Å². The molecule has 1 atom stereocenters. The molecule has 2 N–H and O–H groups in total. The number of hydrogen-bond acceptors (Lipinski definition) is 3. The zero-order valence-electron chi connectivity index (χ0n) is 9.98. The summed E-state index contributed by atoms with van der Waals surface area (Å²) in [7, 11) is 1.78. The minimum Gasteiger partial charge on any atom is -0.383 e. The molecular formula is C12H24N2O. The lowest BCUT2D eigenvalue weighted by atomic mass is 9.85. The van der Waals surface area contributed by atoms with Gasteiger partial charge in [0.2, 0.25) is 0 Å². The molecule has 88 valence electrons. The molecule has 3 heteroatoms. The van der Waals surface area contributed by atoms with Gasteiger partial charge in [-0.2, -0.15) is 0 Å². The van der Waals surface area contributed by atoms with Gasteiger partial charge in [-0.1, -0.05) is 0 Å². The van der Waals surface area contributed by atoms with Gasteiger partial charge in [-0.05, 0) is 38.5 Å². The normalized spacial score (nSPS) is 32.8. The minimum atomic E-state index is 0.450. The van der Waals surface area contributed by atoms with E-state index in [0.29, 0.717) is 6.04 Å². The quantitative estimate of drug-likeness (QED) is 0.719. The lowest BCUT2D eigenvalue weighted by Gasteiger charge is -2.44. The van der Waals surface area contributed by atoms with Crippen LogP contribution in [0.15, 0.2) is 0 Å². The molecule has 0 amide bonds. The Hall–Kier alpha value is -0.120. The highest BCUT2D eigenvalue weighted by Gasteiger charge is 2.38. The zero-order valence-corrected chi connectivity index (χ0v) is 9.98. The Labute approximate surface area is 93.0 Å².